The first kappa shape index (κ1) is 14.9. The van der Waals surface area contributed by atoms with Crippen LogP contribution in [0.5, 0.6) is 0 Å². The molecule has 0 radical (unpaired) electrons. The second-order valence-electron chi connectivity index (χ2n) is 6.63. The number of nitrogens with zero attached hydrogens (tertiary/aromatic N) is 2. The number of nitro groups is 1. The Bertz CT molecular complexity index is 511. The van der Waals surface area contributed by atoms with Crippen molar-refractivity contribution >= 4 is 5.69 Å². The van der Waals surface area contributed by atoms with Crippen LogP contribution in [0.4, 0.5) is 10.1 Å². The van der Waals surface area contributed by atoms with E-state index in [4.69, 9.17) is 0 Å². The van der Waals surface area contributed by atoms with Crippen molar-refractivity contribution in [1.29, 1.82) is 0 Å². The zero-order valence-corrected chi connectivity index (χ0v) is 12.2. The third kappa shape index (κ3) is 3.33. The zero-order chi connectivity index (χ0) is 14.9. The minimum Gasteiger partial charge on any atom is -0.299 e. The molecule has 1 heterocycles. The summed E-state index contributed by atoms with van der Waals surface area (Å²) < 4.78 is 13.6. The molecule has 1 fully saturated rings. The van der Waals surface area contributed by atoms with E-state index in [0.29, 0.717) is 12.5 Å². The number of hydrogen-bond donors (Lipinski definition) is 0. The molecule has 0 spiro atoms. The fourth-order valence-corrected chi connectivity index (χ4v) is 2.74. The highest BCUT2D eigenvalue weighted by Crippen LogP contribution is 2.34. The van der Waals surface area contributed by atoms with Crippen LogP contribution in [-0.4, -0.2) is 22.9 Å². The largest absolute Gasteiger partial charge is 0.304 e. The molecule has 1 atom stereocenters. The lowest BCUT2D eigenvalue weighted by molar-refractivity contribution is -0.387. The molecule has 1 aliphatic heterocycles. The van der Waals surface area contributed by atoms with E-state index in [2.05, 4.69) is 25.7 Å². The molecule has 0 saturated carbocycles. The van der Waals surface area contributed by atoms with Gasteiger partial charge in [0.1, 0.15) is 0 Å². The lowest BCUT2D eigenvalue weighted by Crippen LogP contribution is -2.25. The Morgan fingerprint density at radius 3 is 2.65 bits per heavy atom. The topological polar surface area (TPSA) is 46.4 Å². The molecule has 1 saturated heterocycles. The van der Waals surface area contributed by atoms with Gasteiger partial charge in [-0.2, -0.15) is 4.39 Å². The van der Waals surface area contributed by atoms with E-state index in [1.54, 1.807) is 6.07 Å². The summed E-state index contributed by atoms with van der Waals surface area (Å²) in [4.78, 5) is 12.2. The molecule has 0 aromatic heterocycles. The van der Waals surface area contributed by atoms with Crippen LogP contribution >= 0.6 is 0 Å². The van der Waals surface area contributed by atoms with Crippen LogP contribution < -0.4 is 0 Å². The van der Waals surface area contributed by atoms with Gasteiger partial charge in [0.25, 0.3) is 0 Å². The molecule has 1 aromatic carbocycles. The predicted molar refractivity (Wildman–Crippen MR) is 75.9 cm³/mol. The maximum absolute atomic E-state index is 13.6. The monoisotopic (exact) mass is 280 g/mol. The smallest absolute Gasteiger partial charge is 0.299 e. The summed E-state index contributed by atoms with van der Waals surface area (Å²) in [5.74, 6) is -0.107. The van der Waals surface area contributed by atoms with Gasteiger partial charge in [0.2, 0.25) is 5.82 Å². The maximum atomic E-state index is 13.6. The quantitative estimate of drug-likeness (QED) is 0.627. The first-order valence-corrected chi connectivity index (χ1v) is 6.92. The number of likely N-dealkylation sites (tertiary alicyclic amines) is 1. The second kappa shape index (κ2) is 5.48. The molecule has 4 nitrogen and oxygen atoms in total. The zero-order valence-electron chi connectivity index (χ0n) is 12.2. The number of nitro benzene ring substituents is 1. The minimum atomic E-state index is -0.751. The van der Waals surface area contributed by atoms with Crippen molar-refractivity contribution in [3.63, 3.8) is 0 Å². The fraction of sp³-hybridized carbons (Fsp3) is 0.600. The number of rotatable bonds is 3. The molecule has 2 rings (SSSR count). The van der Waals surface area contributed by atoms with Gasteiger partial charge >= 0.3 is 5.69 Å². The average Bonchev–Trinajstić information content (AvgIpc) is 2.76. The summed E-state index contributed by atoms with van der Waals surface area (Å²) in [5, 5.41) is 10.6. The Morgan fingerprint density at radius 2 is 2.15 bits per heavy atom. The number of benzene rings is 1. The van der Waals surface area contributed by atoms with Crippen molar-refractivity contribution < 1.29 is 9.31 Å². The van der Waals surface area contributed by atoms with Crippen molar-refractivity contribution in [2.45, 2.75) is 33.7 Å². The highest BCUT2D eigenvalue weighted by atomic mass is 19.1. The van der Waals surface area contributed by atoms with E-state index in [0.717, 1.165) is 25.1 Å². The van der Waals surface area contributed by atoms with Crippen LogP contribution in [0.1, 0.15) is 32.8 Å². The van der Waals surface area contributed by atoms with Gasteiger partial charge in [-0.3, -0.25) is 15.0 Å². The Kier molecular flexibility index (Phi) is 4.09. The van der Waals surface area contributed by atoms with Crippen molar-refractivity contribution in [3.8, 4) is 0 Å². The molecule has 20 heavy (non-hydrogen) atoms. The van der Waals surface area contributed by atoms with Crippen LogP contribution in [0, 0.1) is 27.3 Å². The Hall–Kier alpha value is -1.49. The molecule has 110 valence electrons. The Labute approximate surface area is 118 Å². The average molecular weight is 280 g/mol. The lowest BCUT2D eigenvalue weighted by atomic mass is 9.80. The summed E-state index contributed by atoms with van der Waals surface area (Å²) in [6, 6.07) is 4.18. The van der Waals surface area contributed by atoms with Crippen LogP contribution in [0.2, 0.25) is 0 Å². The predicted octanol–water partition coefficient (Wildman–Crippen LogP) is 3.60. The normalized spacial score (nSPS) is 20.3. The second-order valence-corrected chi connectivity index (χ2v) is 6.63. The maximum Gasteiger partial charge on any atom is 0.304 e. The highest BCUT2D eigenvalue weighted by molar-refractivity contribution is 5.35. The van der Waals surface area contributed by atoms with Gasteiger partial charge in [-0.25, -0.2) is 0 Å². The van der Waals surface area contributed by atoms with E-state index in [1.807, 2.05) is 0 Å². The lowest BCUT2D eigenvalue weighted by Gasteiger charge is -2.27. The SMILES string of the molecule is CC(C)(C)C1CCN(Cc2ccc([N+](=O)[O-])c(F)c2)C1. The molecule has 1 aliphatic rings. The van der Waals surface area contributed by atoms with Gasteiger partial charge in [0.15, 0.2) is 0 Å². The van der Waals surface area contributed by atoms with Crippen molar-refractivity contribution in [3.05, 3.63) is 39.7 Å². The summed E-state index contributed by atoms with van der Waals surface area (Å²) in [6.45, 7) is 9.39. The highest BCUT2D eigenvalue weighted by Gasteiger charge is 2.31. The van der Waals surface area contributed by atoms with Gasteiger partial charge in [0, 0.05) is 19.2 Å². The minimum absolute atomic E-state index is 0.287. The van der Waals surface area contributed by atoms with Gasteiger partial charge < -0.3 is 0 Å². The van der Waals surface area contributed by atoms with Gasteiger partial charge in [-0.1, -0.05) is 26.8 Å². The molecule has 1 unspecified atom stereocenters. The first-order valence-electron chi connectivity index (χ1n) is 6.92. The Balaban J connectivity index is 2.02. The third-order valence-corrected chi connectivity index (χ3v) is 4.11. The molecule has 1 aromatic rings. The van der Waals surface area contributed by atoms with E-state index in [-0.39, 0.29) is 5.41 Å². The molecular formula is C15H21FN2O2. The number of halogens is 1. The first-order chi connectivity index (χ1) is 9.27. The molecule has 0 amide bonds. The van der Waals surface area contributed by atoms with Gasteiger partial charge in [0.05, 0.1) is 4.92 Å². The van der Waals surface area contributed by atoms with E-state index in [9.17, 15) is 14.5 Å². The van der Waals surface area contributed by atoms with Crippen LogP contribution in [0.15, 0.2) is 18.2 Å². The fourth-order valence-electron chi connectivity index (χ4n) is 2.74. The van der Waals surface area contributed by atoms with E-state index < -0.39 is 16.4 Å². The molecule has 0 bridgehead atoms. The van der Waals surface area contributed by atoms with Crippen molar-refractivity contribution in [2.24, 2.45) is 11.3 Å². The molecule has 5 heteroatoms. The van der Waals surface area contributed by atoms with E-state index in [1.165, 1.54) is 12.1 Å². The summed E-state index contributed by atoms with van der Waals surface area (Å²) in [6.07, 6.45) is 1.15. The Morgan fingerprint density at radius 1 is 1.45 bits per heavy atom. The number of hydrogen-bond acceptors (Lipinski definition) is 3. The van der Waals surface area contributed by atoms with Crippen LogP contribution in [-0.2, 0) is 6.54 Å². The van der Waals surface area contributed by atoms with Gasteiger partial charge in [-0.05, 0) is 35.9 Å². The van der Waals surface area contributed by atoms with Crippen LogP contribution in [0.25, 0.3) is 0 Å². The molecular weight excluding hydrogens is 259 g/mol. The van der Waals surface area contributed by atoms with Crippen molar-refractivity contribution in [1.82, 2.24) is 4.90 Å². The molecule has 0 aliphatic carbocycles. The van der Waals surface area contributed by atoms with Crippen LogP contribution in [0.3, 0.4) is 0 Å². The summed E-state index contributed by atoms with van der Waals surface area (Å²) >= 11 is 0. The standard InChI is InChI=1S/C15H21FN2O2/c1-15(2,3)12-6-7-17(10-12)9-11-4-5-14(18(19)20)13(16)8-11/h4-5,8,12H,6-7,9-10H2,1-3H3. The van der Waals surface area contributed by atoms with E-state index >= 15 is 0 Å². The van der Waals surface area contributed by atoms with Gasteiger partial charge in [-0.15, -0.1) is 0 Å². The van der Waals surface area contributed by atoms with Crippen molar-refractivity contribution in [2.75, 3.05) is 13.1 Å². The summed E-state index contributed by atoms with van der Waals surface area (Å²) in [5.41, 5.74) is 0.626. The third-order valence-electron chi connectivity index (χ3n) is 4.11. The summed E-state index contributed by atoms with van der Waals surface area (Å²) in [7, 11) is 0. The molecule has 0 N–H and O–H groups in total.